The van der Waals surface area contributed by atoms with Gasteiger partial charge in [0.25, 0.3) is 5.91 Å². The third kappa shape index (κ3) is 4.02. The van der Waals surface area contributed by atoms with Gasteiger partial charge in [-0.25, -0.2) is 0 Å². The number of nitrogens with zero attached hydrogens (tertiary/aromatic N) is 4. The van der Waals surface area contributed by atoms with Crippen LogP contribution in [0.25, 0.3) is 0 Å². The number of carbonyl (C=O) groups is 1. The Morgan fingerprint density at radius 3 is 2.73 bits per heavy atom. The van der Waals surface area contributed by atoms with Crippen molar-refractivity contribution < 1.29 is 4.79 Å². The quantitative estimate of drug-likeness (QED) is 0.846. The van der Waals surface area contributed by atoms with Crippen LogP contribution in [0.1, 0.15) is 72.0 Å². The maximum atomic E-state index is 13.3. The van der Waals surface area contributed by atoms with Gasteiger partial charge >= 0.3 is 0 Å². The molecule has 6 heteroatoms. The number of carbonyl (C=O) groups excluding carboxylic acids is 1. The lowest BCUT2D eigenvalue weighted by molar-refractivity contribution is 0.0709. The summed E-state index contributed by atoms with van der Waals surface area (Å²) in [5, 5.41) is 12.5. The zero-order valence-electron chi connectivity index (χ0n) is 17.9. The molecule has 6 nitrogen and oxygen atoms in total. The normalized spacial score (nSPS) is 22.7. The van der Waals surface area contributed by atoms with Crippen molar-refractivity contribution in [3.63, 3.8) is 0 Å². The molecule has 1 atom stereocenters. The summed E-state index contributed by atoms with van der Waals surface area (Å²) in [6.45, 7) is 4.84. The maximum absolute atomic E-state index is 13.3. The fourth-order valence-corrected chi connectivity index (χ4v) is 5.43. The van der Waals surface area contributed by atoms with Crippen LogP contribution in [0.15, 0.2) is 24.3 Å². The van der Waals surface area contributed by atoms with Gasteiger partial charge in [0.05, 0.1) is 0 Å². The van der Waals surface area contributed by atoms with Crippen molar-refractivity contribution in [2.75, 3.05) is 26.2 Å². The van der Waals surface area contributed by atoms with Crippen LogP contribution in [0, 0.1) is 5.92 Å². The molecule has 4 heterocycles. The fourth-order valence-electron chi connectivity index (χ4n) is 5.43. The Hall–Kier alpha value is -2.21. The number of fused-ring (bicyclic) bond motifs is 1. The van der Waals surface area contributed by atoms with Crippen LogP contribution in [0.3, 0.4) is 0 Å². The molecule has 5 rings (SSSR count). The summed E-state index contributed by atoms with van der Waals surface area (Å²) in [7, 11) is 0. The van der Waals surface area contributed by atoms with Crippen LogP contribution in [-0.4, -0.2) is 51.8 Å². The Balaban J connectivity index is 1.25. The topological polar surface area (TPSA) is 63.1 Å². The first-order chi connectivity index (χ1) is 14.8. The van der Waals surface area contributed by atoms with Gasteiger partial charge in [-0.2, -0.15) is 0 Å². The van der Waals surface area contributed by atoms with Gasteiger partial charge in [-0.15, -0.1) is 10.2 Å². The molecule has 2 saturated heterocycles. The number of amides is 1. The molecular formula is C24H33N5O. The Morgan fingerprint density at radius 1 is 1.03 bits per heavy atom. The summed E-state index contributed by atoms with van der Waals surface area (Å²) >= 11 is 0. The van der Waals surface area contributed by atoms with Crippen molar-refractivity contribution in [2.24, 2.45) is 5.92 Å². The van der Waals surface area contributed by atoms with Crippen molar-refractivity contribution in [3.8, 4) is 0 Å². The second-order valence-electron chi connectivity index (χ2n) is 9.22. The van der Waals surface area contributed by atoms with E-state index >= 15 is 0 Å². The lowest BCUT2D eigenvalue weighted by Crippen LogP contribution is -2.39. The molecule has 30 heavy (non-hydrogen) atoms. The SMILES string of the molecule is O=C(c1ccccc1CC1CCNC1)N1CCC(c2nnc3n2CCCCC3)CC1. The van der Waals surface area contributed by atoms with Crippen molar-refractivity contribution in [1.82, 2.24) is 25.0 Å². The summed E-state index contributed by atoms with van der Waals surface area (Å²) in [5.41, 5.74) is 2.11. The Bertz CT molecular complexity index is 877. The molecule has 2 fully saturated rings. The first-order valence-electron chi connectivity index (χ1n) is 11.8. The summed E-state index contributed by atoms with van der Waals surface area (Å²) in [5.74, 6) is 3.60. The molecule has 0 radical (unpaired) electrons. The number of piperidine rings is 1. The molecule has 0 spiro atoms. The van der Waals surface area contributed by atoms with E-state index in [2.05, 4.69) is 37.1 Å². The van der Waals surface area contributed by atoms with Crippen molar-refractivity contribution >= 4 is 5.91 Å². The van der Waals surface area contributed by atoms with E-state index in [4.69, 9.17) is 0 Å². The Morgan fingerprint density at radius 2 is 1.90 bits per heavy atom. The molecule has 1 unspecified atom stereocenters. The van der Waals surface area contributed by atoms with E-state index in [-0.39, 0.29) is 5.91 Å². The summed E-state index contributed by atoms with van der Waals surface area (Å²) in [4.78, 5) is 15.4. The lowest BCUT2D eigenvalue weighted by atomic mass is 9.92. The van der Waals surface area contributed by atoms with Crippen LogP contribution in [0.5, 0.6) is 0 Å². The minimum absolute atomic E-state index is 0.204. The molecule has 3 aliphatic rings. The van der Waals surface area contributed by atoms with Gasteiger partial charge in [0.2, 0.25) is 0 Å². The molecule has 160 valence electrons. The Labute approximate surface area is 179 Å². The van der Waals surface area contributed by atoms with E-state index < -0.39 is 0 Å². The number of nitrogens with one attached hydrogen (secondary N) is 1. The third-order valence-electron chi connectivity index (χ3n) is 7.20. The number of aryl methyl sites for hydroxylation is 1. The molecule has 0 saturated carbocycles. The van der Waals surface area contributed by atoms with Gasteiger partial charge in [-0.1, -0.05) is 24.6 Å². The molecule has 1 amide bonds. The zero-order chi connectivity index (χ0) is 20.3. The molecular weight excluding hydrogens is 374 g/mol. The van der Waals surface area contributed by atoms with Crippen LogP contribution in [-0.2, 0) is 19.4 Å². The van der Waals surface area contributed by atoms with E-state index in [0.717, 1.165) is 75.6 Å². The van der Waals surface area contributed by atoms with Crippen molar-refractivity contribution in [1.29, 1.82) is 0 Å². The van der Waals surface area contributed by atoms with Crippen LogP contribution in [0.4, 0.5) is 0 Å². The highest BCUT2D eigenvalue weighted by atomic mass is 16.2. The molecule has 2 aromatic rings. The zero-order valence-corrected chi connectivity index (χ0v) is 17.9. The molecule has 1 N–H and O–H groups in total. The molecule has 3 aliphatic heterocycles. The van der Waals surface area contributed by atoms with Crippen LogP contribution >= 0.6 is 0 Å². The smallest absolute Gasteiger partial charge is 0.254 e. The van der Waals surface area contributed by atoms with Gasteiger partial charge in [-0.3, -0.25) is 4.79 Å². The molecule has 0 aliphatic carbocycles. The van der Waals surface area contributed by atoms with Crippen LogP contribution < -0.4 is 5.32 Å². The highest BCUT2D eigenvalue weighted by molar-refractivity contribution is 5.95. The third-order valence-corrected chi connectivity index (χ3v) is 7.20. The van der Waals surface area contributed by atoms with E-state index in [1.807, 2.05) is 12.1 Å². The number of rotatable bonds is 4. The van der Waals surface area contributed by atoms with Gasteiger partial charge in [0.15, 0.2) is 0 Å². The number of hydrogen-bond donors (Lipinski definition) is 1. The molecule has 1 aromatic heterocycles. The average Bonchev–Trinajstić information content (AvgIpc) is 3.38. The van der Waals surface area contributed by atoms with Gasteiger partial charge in [-0.05, 0) is 69.2 Å². The van der Waals surface area contributed by atoms with Crippen molar-refractivity contribution in [2.45, 2.75) is 63.8 Å². The molecule has 0 bridgehead atoms. The summed E-state index contributed by atoms with van der Waals surface area (Å²) in [6, 6.07) is 8.23. The predicted molar refractivity (Wildman–Crippen MR) is 117 cm³/mol. The lowest BCUT2D eigenvalue weighted by Gasteiger charge is -2.32. The number of benzene rings is 1. The first-order valence-corrected chi connectivity index (χ1v) is 11.8. The standard InChI is InChI=1S/C24H33N5O/c30-24(21-7-4-3-6-20(21)16-18-9-12-25-17-18)28-14-10-19(11-15-28)23-27-26-22-8-2-1-5-13-29(22)23/h3-4,6-7,18-19,25H,1-2,5,8-17H2. The molecule has 1 aromatic carbocycles. The van der Waals surface area contributed by atoms with Gasteiger partial charge in [0.1, 0.15) is 11.6 Å². The average molecular weight is 408 g/mol. The van der Waals surface area contributed by atoms with Gasteiger partial charge in [0, 0.05) is 37.5 Å². The largest absolute Gasteiger partial charge is 0.339 e. The highest BCUT2D eigenvalue weighted by Crippen LogP contribution is 2.30. The van der Waals surface area contributed by atoms with Crippen molar-refractivity contribution in [3.05, 3.63) is 47.0 Å². The second-order valence-corrected chi connectivity index (χ2v) is 9.22. The minimum Gasteiger partial charge on any atom is -0.339 e. The summed E-state index contributed by atoms with van der Waals surface area (Å²) in [6.07, 6.45) is 8.96. The van der Waals surface area contributed by atoms with E-state index in [1.165, 1.54) is 31.2 Å². The number of likely N-dealkylation sites (tertiary alicyclic amines) is 1. The second kappa shape index (κ2) is 8.88. The van der Waals surface area contributed by atoms with E-state index in [9.17, 15) is 4.79 Å². The summed E-state index contributed by atoms with van der Waals surface area (Å²) < 4.78 is 2.38. The first kappa shape index (κ1) is 19.7. The highest BCUT2D eigenvalue weighted by Gasteiger charge is 2.30. The minimum atomic E-state index is 0.204. The van der Waals surface area contributed by atoms with Gasteiger partial charge < -0.3 is 14.8 Å². The Kier molecular flexibility index (Phi) is 5.84. The number of aromatic nitrogens is 3. The fraction of sp³-hybridized carbons (Fsp3) is 0.625. The maximum Gasteiger partial charge on any atom is 0.254 e. The van der Waals surface area contributed by atoms with E-state index in [1.54, 1.807) is 0 Å². The monoisotopic (exact) mass is 407 g/mol. The van der Waals surface area contributed by atoms with E-state index in [0.29, 0.717) is 11.8 Å². The number of hydrogen-bond acceptors (Lipinski definition) is 4. The predicted octanol–water partition coefficient (Wildman–Crippen LogP) is 3.18. The van der Waals surface area contributed by atoms with Crippen LogP contribution in [0.2, 0.25) is 0 Å².